The Morgan fingerprint density at radius 2 is 2.30 bits per heavy atom. The molecule has 0 atom stereocenters. The third-order valence-electron chi connectivity index (χ3n) is 2.53. The Morgan fingerprint density at radius 3 is 2.85 bits per heavy atom. The van der Waals surface area contributed by atoms with Crippen molar-refractivity contribution < 1.29 is 13.0 Å². The summed E-state index contributed by atoms with van der Waals surface area (Å²) in [5.41, 5.74) is 5.99. The molecular weight excluding hydrogens is 300 g/mol. The largest absolute Gasteiger partial charge is 0.389 e. The van der Waals surface area contributed by atoms with E-state index in [1.54, 1.807) is 0 Å². The van der Waals surface area contributed by atoms with E-state index in [0.29, 0.717) is 5.56 Å². The summed E-state index contributed by atoms with van der Waals surface area (Å²) in [4.78, 5) is 6.27. The highest BCUT2D eigenvalue weighted by Gasteiger charge is 2.18. The number of aromatic amines is 1. The highest BCUT2D eigenvalue weighted by atomic mass is 32.2. The molecule has 2 aromatic heterocycles. The molecule has 4 N–H and O–H groups in total. The van der Waals surface area contributed by atoms with Gasteiger partial charge in [0.15, 0.2) is 0 Å². The van der Waals surface area contributed by atoms with E-state index in [9.17, 15) is 13.0 Å². The van der Waals surface area contributed by atoms with Crippen LogP contribution in [0.25, 0.3) is 17.1 Å². The van der Waals surface area contributed by atoms with Crippen LogP contribution in [-0.2, 0) is 10.1 Å². The van der Waals surface area contributed by atoms with E-state index >= 15 is 0 Å². The summed E-state index contributed by atoms with van der Waals surface area (Å²) in [6.07, 6.45) is 4.02. The molecule has 2 aromatic rings. The van der Waals surface area contributed by atoms with Gasteiger partial charge in [0.05, 0.1) is 5.57 Å². The zero-order valence-corrected chi connectivity index (χ0v) is 11.5. The first-order valence-corrected chi connectivity index (χ1v) is 7.04. The number of fused-ring (bicyclic) bond motifs is 1. The maximum atomic E-state index is 11.4. The number of rotatable bonds is 3. The van der Waals surface area contributed by atoms with Gasteiger partial charge in [0.2, 0.25) is 0 Å². The zero-order valence-electron chi connectivity index (χ0n) is 9.86. The van der Waals surface area contributed by atoms with E-state index in [2.05, 4.69) is 9.97 Å². The van der Waals surface area contributed by atoms with Crippen LogP contribution < -0.4 is 5.73 Å². The summed E-state index contributed by atoms with van der Waals surface area (Å²) >= 11 is 4.71. The van der Waals surface area contributed by atoms with E-state index in [-0.39, 0.29) is 26.5 Å². The van der Waals surface area contributed by atoms with Crippen molar-refractivity contribution in [1.29, 1.82) is 5.26 Å². The second kappa shape index (κ2) is 5.01. The fourth-order valence-electron chi connectivity index (χ4n) is 1.69. The summed E-state index contributed by atoms with van der Waals surface area (Å²) in [5.74, 6) is 0. The van der Waals surface area contributed by atoms with Crippen LogP contribution in [0.4, 0.5) is 0 Å². The van der Waals surface area contributed by atoms with Gasteiger partial charge in [0.1, 0.15) is 21.6 Å². The molecule has 0 amide bonds. The number of hydrogen-bond acceptors (Lipinski definition) is 5. The van der Waals surface area contributed by atoms with Crippen molar-refractivity contribution in [3.63, 3.8) is 0 Å². The van der Waals surface area contributed by atoms with Crippen molar-refractivity contribution >= 4 is 44.4 Å². The third-order valence-corrected chi connectivity index (χ3v) is 3.65. The minimum absolute atomic E-state index is 0.0195. The molecule has 0 saturated heterocycles. The van der Waals surface area contributed by atoms with E-state index < -0.39 is 10.1 Å². The van der Waals surface area contributed by atoms with Crippen LogP contribution in [0.15, 0.2) is 28.9 Å². The van der Waals surface area contributed by atoms with Gasteiger partial charge in [-0.2, -0.15) is 13.7 Å². The van der Waals surface area contributed by atoms with Gasteiger partial charge in [0.25, 0.3) is 10.1 Å². The van der Waals surface area contributed by atoms with E-state index in [1.807, 2.05) is 6.07 Å². The van der Waals surface area contributed by atoms with Crippen LogP contribution in [0, 0.1) is 11.3 Å². The third kappa shape index (κ3) is 2.53. The number of H-pyrrole nitrogens is 1. The predicted molar refractivity (Wildman–Crippen MR) is 76.3 cm³/mol. The predicted octanol–water partition coefficient (Wildman–Crippen LogP) is 1.00. The first-order chi connectivity index (χ1) is 9.34. The van der Waals surface area contributed by atoms with Crippen molar-refractivity contribution in [2.24, 2.45) is 5.73 Å². The summed E-state index contributed by atoms with van der Waals surface area (Å²) in [7, 11) is -4.42. The molecule has 0 fully saturated rings. The van der Waals surface area contributed by atoms with Crippen molar-refractivity contribution in [3.05, 3.63) is 29.6 Å². The van der Waals surface area contributed by atoms with Gasteiger partial charge in [-0.05, 0) is 12.1 Å². The molecule has 0 aromatic carbocycles. The van der Waals surface area contributed by atoms with Gasteiger partial charge in [0, 0.05) is 23.3 Å². The van der Waals surface area contributed by atoms with Crippen LogP contribution >= 0.6 is 12.2 Å². The van der Waals surface area contributed by atoms with Gasteiger partial charge in [-0.3, -0.25) is 4.55 Å². The van der Waals surface area contributed by atoms with Gasteiger partial charge in [-0.25, -0.2) is 4.98 Å². The van der Waals surface area contributed by atoms with Crippen LogP contribution in [0.1, 0.15) is 5.56 Å². The highest BCUT2D eigenvalue weighted by Crippen LogP contribution is 2.26. The van der Waals surface area contributed by atoms with Crippen molar-refractivity contribution in [1.82, 2.24) is 9.97 Å². The number of hydrogen-bond donors (Lipinski definition) is 3. The molecule has 0 bridgehead atoms. The normalized spacial score (nSPS) is 12.3. The monoisotopic (exact) mass is 308 g/mol. The van der Waals surface area contributed by atoms with Crippen LogP contribution in [-0.4, -0.2) is 27.9 Å². The maximum Gasteiger partial charge on any atom is 0.295 e. The molecule has 0 aliphatic heterocycles. The quantitative estimate of drug-likeness (QED) is 0.333. The average molecular weight is 308 g/mol. The van der Waals surface area contributed by atoms with Crippen molar-refractivity contribution in [2.75, 3.05) is 0 Å². The lowest BCUT2D eigenvalue weighted by molar-refractivity contribution is 0.484. The molecule has 20 heavy (non-hydrogen) atoms. The molecule has 0 unspecified atom stereocenters. The minimum atomic E-state index is -4.42. The standard InChI is InChI=1S/C11H8N4O3S2/c12-4-6(10(13)19)3-7-5-15-11-9(7)8(1-2-14-11)20(16,17)18/h1-3,5H,(H2,13,19)(H,14,15)(H,16,17,18)/b6-3-. The maximum absolute atomic E-state index is 11.4. The molecule has 0 saturated carbocycles. The second-order valence-electron chi connectivity index (χ2n) is 3.79. The Hall–Kier alpha value is -2.28. The highest BCUT2D eigenvalue weighted by molar-refractivity contribution is 7.86. The van der Waals surface area contributed by atoms with Gasteiger partial charge in [-0.15, -0.1) is 0 Å². The fourth-order valence-corrected chi connectivity index (χ4v) is 2.50. The topological polar surface area (TPSA) is 133 Å². The summed E-state index contributed by atoms with van der Waals surface area (Å²) in [6.45, 7) is 0. The number of nitrogens with zero attached hydrogens (tertiary/aromatic N) is 2. The van der Waals surface area contributed by atoms with Crippen molar-refractivity contribution in [3.8, 4) is 6.07 Å². The summed E-state index contributed by atoms with van der Waals surface area (Å²) in [5, 5.41) is 9.08. The number of nitrogens with two attached hydrogens (primary N) is 1. The zero-order chi connectivity index (χ0) is 14.9. The SMILES string of the molecule is N#C/C(=C/c1c[nH]c2nccc(S(=O)(=O)O)c12)C(N)=S. The molecule has 102 valence electrons. The van der Waals surface area contributed by atoms with Gasteiger partial charge >= 0.3 is 0 Å². The number of thiocarbonyl (C=S) groups is 1. The molecule has 2 heterocycles. The molecule has 9 heteroatoms. The molecule has 0 radical (unpaired) electrons. The lowest BCUT2D eigenvalue weighted by Gasteiger charge is -2.00. The van der Waals surface area contributed by atoms with Crippen LogP contribution in [0.5, 0.6) is 0 Å². The van der Waals surface area contributed by atoms with E-state index in [1.165, 1.54) is 18.5 Å². The van der Waals surface area contributed by atoms with Crippen molar-refractivity contribution in [2.45, 2.75) is 4.90 Å². The fraction of sp³-hybridized carbons (Fsp3) is 0. The number of pyridine rings is 1. The number of nitrogens with one attached hydrogen (secondary N) is 1. The first-order valence-electron chi connectivity index (χ1n) is 5.19. The molecule has 7 nitrogen and oxygen atoms in total. The minimum Gasteiger partial charge on any atom is -0.389 e. The van der Waals surface area contributed by atoms with Gasteiger partial charge < -0.3 is 10.7 Å². The van der Waals surface area contributed by atoms with E-state index in [0.717, 1.165) is 6.07 Å². The average Bonchev–Trinajstić information content (AvgIpc) is 2.77. The summed E-state index contributed by atoms with van der Waals surface area (Å²) < 4.78 is 32.0. The number of nitriles is 1. The number of aromatic nitrogens is 2. The Morgan fingerprint density at radius 1 is 1.60 bits per heavy atom. The lowest BCUT2D eigenvalue weighted by Crippen LogP contribution is -2.09. The molecular formula is C11H8N4O3S2. The Bertz CT molecular complexity index is 875. The molecule has 0 aliphatic rings. The Balaban J connectivity index is 2.81. The first kappa shape index (κ1) is 14.1. The van der Waals surface area contributed by atoms with Gasteiger partial charge in [-0.1, -0.05) is 12.2 Å². The Kier molecular flexibility index (Phi) is 3.54. The van der Waals surface area contributed by atoms with Crippen LogP contribution in [0.2, 0.25) is 0 Å². The molecule has 0 aliphatic carbocycles. The molecule has 2 rings (SSSR count). The smallest absolute Gasteiger partial charge is 0.295 e. The van der Waals surface area contributed by atoms with E-state index in [4.69, 9.17) is 23.2 Å². The second-order valence-corrected chi connectivity index (χ2v) is 5.62. The summed E-state index contributed by atoms with van der Waals surface area (Å²) in [6, 6.07) is 2.97. The molecule has 0 spiro atoms. The Labute approximate surface area is 119 Å². The lowest BCUT2D eigenvalue weighted by atomic mass is 10.1. The van der Waals surface area contributed by atoms with Crippen LogP contribution in [0.3, 0.4) is 0 Å².